The van der Waals surface area contributed by atoms with Crippen LogP contribution in [0.2, 0.25) is 0 Å². The molecule has 0 aliphatic carbocycles. The average molecular weight is 139 g/mol. The Balaban J connectivity index is 3.04. The molecule has 0 atom stereocenters. The van der Waals surface area contributed by atoms with Gasteiger partial charge in [0, 0.05) is 5.69 Å². The summed E-state index contributed by atoms with van der Waals surface area (Å²) in [6.45, 7) is 3.67. The third-order valence-electron chi connectivity index (χ3n) is 1.44. The van der Waals surface area contributed by atoms with Crippen molar-refractivity contribution in [3.8, 4) is 0 Å². The van der Waals surface area contributed by atoms with Crippen molar-refractivity contribution in [2.24, 2.45) is 0 Å². The Morgan fingerprint density at radius 2 is 2.20 bits per heavy atom. The molecule has 0 aromatic carbocycles. The van der Waals surface area contributed by atoms with E-state index in [4.69, 9.17) is 0 Å². The lowest BCUT2D eigenvalue weighted by Gasteiger charge is -1.97. The normalized spacial score (nSPS) is 9.90. The summed E-state index contributed by atoms with van der Waals surface area (Å²) in [5.74, 6) is -0.225. The molecule has 1 rings (SSSR count). The van der Waals surface area contributed by atoms with Crippen molar-refractivity contribution >= 4 is 0 Å². The van der Waals surface area contributed by atoms with Gasteiger partial charge in [0.25, 0.3) is 0 Å². The highest BCUT2D eigenvalue weighted by Crippen LogP contribution is 2.04. The molecule has 0 aliphatic rings. The molecule has 1 aromatic heterocycles. The molecule has 0 saturated heterocycles. The minimum Gasteiger partial charge on any atom is -0.255 e. The summed E-state index contributed by atoms with van der Waals surface area (Å²) in [6.07, 6.45) is 0.862. The Morgan fingerprint density at radius 1 is 1.50 bits per heavy atom. The van der Waals surface area contributed by atoms with E-state index in [0.29, 0.717) is 5.69 Å². The van der Waals surface area contributed by atoms with Gasteiger partial charge in [0.05, 0.1) is 5.69 Å². The Hall–Kier alpha value is -0.920. The van der Waals surface area contributed by atoms with E-state index < -0.39 is 0 Å². The molecule has 2 heteroatoms. The van der Waals surface area contributed by atoms with Crippen LogP contribution in [0.15, 0.2) is 12.1 Å². The second-order valence-electron chi connectivity index (χ2n) is 2.22. The van der Waals surface area contributed by atoms with Gasteiger partial charge >= 0.3 is 0 Å². The van der Waals surface area contributed by atoms with E-state index in [9.17, 15) is 4.39 Å². The molecule has 1 heterocycles. The minimum absolute atomic E-state index is 0.225. The first-order valence-electron chi connectivity index (χ1n) is 3.36. The van der Waals surface area contributed by atoms with Crippen molar-refractivity contribution in [1.82, 2.24) is 4.98 Å². The largest absolute Gasteiger partial charge is 0.255 e. The maximum Gasteiger partial charge on any atom is 0.144 e. The van der Waals surface area contributed by atoms with Crippen molar-refractivity contribution in [3.05, 3.63) is 29.3 Å². The topological polar surface area (TPSA) is 12.9 Å². The second-order valence-corrected chi connectivity index (χ2v) is 2.22. The minimum atomic E-state index is -0.225. The molecular formula is C8H10FN. The summed E-state index contributed by atoms with van der Waals surface area (Å²) in [7, 11) is 0. The molecule has 0 fully saturated rings. The molecule has 1 aromatic rings. The van der Waals surface area contributed by atoms with E-state index in [-0.39, 0.29) is 5.82 Å². The van der Waals surface area contributed by atoms with E-state index in [1.807, 2.05) is 6.92 Å². The molecule has 0 unspecified atom stereocenters. The van der Waals surface area contributed by atoms with Crippen LogP contribution < -0.4 is 0 Å². The monoisotopic (exact) mass is 139 g/mol. The number of pyridine rings is 1. The predicted octanol–water partition coefficient (Wildman–Crippen LogP) is 2.09. The molecular weight excluding hydrogens is 129 g/mol. The highest BCUT2D eigenvalue weighted by Gasteiger charge is 1.97. The number of hydrogen-bond acceptors (Lipinski definition) is 1. The molecule has 10 heavy (non-hydrogen) atoms. The molecule has 0 saturated carbocycles. The molecule has 54 valence electrons. The summed E-state index contributed by atoms with van der Waals surface area (Å²) in [6, 6.07) is 3.17. The highest BCUT2D eigenvalue weighted by atomic mass is 19.1. The van der Waals surface area contributed by atoms with E-state index in [0.717, 1.165) is 12.1 Å². The standard InChI is InChI=1S/C8H10FN/c1-3-7-4-5-8(9)6(2)10-7/h4-5H,3H2,1-2H3. The Kier molecular flexibility index (Phi) is 2.00. The molecule has 1 nitrogen and oxygen atoms in total. The zero-order valence-corrected chi connectivity index (χ0v) is 6.19. The summed E-state index contributed by atoms with van der Waals surface area (Å²) in [5.41, 5.74) is 1.43. The number of aromatic nitrogens is 1. The zero-order valence-electron chi connectivity index (χ0n) is 6.19. The van der Waals surface area contributed by atoms with Crippen molar-refractivity contribution in [2.75, 3.05) is 0 Å². The predicted molar refractivity (Wildman–Crippen MR) is 38.3 cm³/mol. The lowest BCUT2D eigenvalue weighted by molar-refractivity contribution is 0.607. The van der Waals surface area contributed by atoms with Crippen LogP contribution in [0.1, 0.15) is 18.3 Å². The molecule has 0 amide bonds. The zero-order chi connectivity index (χ0) is 7.56. The number of hydrogen-bond donors (Lipinski definition) is 0. The summed E-state index contributed by atoms with van der Waals surface area (Å²) in [5, 5.41) is 0. The fraction of sp³-hybridized carbons (Fsp3) is 0.375. The van der Waals surface area contributed by atoms with Crippen molar-refractivity contribution in [2.45, 2.75) is 20.3 Å². The third-order valence-corrected chi connectivity index (χ3v) is 1.44. The average Bonchev–Trinajstić information content (AvgIpc) is 1.95. The van der Waals surface area contributed by atoms with Gasteiger partial charge < -0.3 is 0 Å². The number of rotatable bonds is 1. The number of halogens is 1. The van der Waals surface area contributed by atoms with Gasteiger partial charge in [0.15, 0.2) is 0 Å². The summed E-state index contributed by atoms with van der Waals surface area (Å²) >= 11 is 0. The number of nitrogens with zero attached hydrogens (tertiary/aromatic N) is 1. The van der Waals surface area contributed by atoms with Gasteiger partial charge in [-0.25, -0.2) is 4.39 Å². The van der Waals surface area contributed by atoms with E-state index in [2.05, 4.69) is 4.98 Å². The molecule has 0 bridgehead atoms. The van der Waals surface area contributed by atoms with Crippen LogP contribution >= 0.6 is 0 Å². The highest BCUT2D eigenvalue weighted by molar-refractivity contribution is 5.11. The smallest absolute Gasteiger partial charge is 0.144 e. The van der Waals surface area contributed by atoms with Gasteiger partial charge in [-0.1, -0.05) is 6.92 Å². The van der Waals surface area contributed by atoms with Crippen molar-refractivity contribution < 1.29 is 4.39 Å². The van der Waals surface area contributed by atoms with Gasteiger partial charge in [-0.3, -0.25) is 4.98 Å². The van der Waals surface area contributed by atoms with E-state index in [1.54, 1.807) is 13.0 Å². The SMILES string of the molecule is CCc1ccc(F)c(C)n1. The third kappa shape index (κ3) is 1.32. The van der Waals surface area contributed by atoms with Crippen LogP contribution in [-0.2, 0) is 6.42 Å². The second kappa shape index (κ2) is 2.78. The Bertz CT molecular complexity index is 233. The Labute approximate surface area is 59.9 Å². The van der Waals surface area contributed by atoms with Crippen molar-refractivity contribution in [3.63, 3.8) is 0 Å². The summed E-state index contributed by atoms with van der Waals surface area (Å²) < 4.78 is 12.6. The first-order chi connectivity index (χ1) is 4.74. The van der Waals surface area contributed by atoms with Crippen LogP contribution in [0, 0.1) is 12.7 Å². The van der Waals surface area contributed by atoms with Gasteiger partial charge in [0.2, 0.25) is 0 Å². The van der Waals surface area contributed by atoms with E-state index >= 15 is 0 Å². The summed E-state index contributed by atoms with van der Waals surface area (Å²) in [4.78, 5) is 4.02. The van der Waals surface area contributed by atoms with Crippen molar-refractivity contribution in [1.29, 1.82) is 0 Å². The maximum atomic E-state index is 12.6. The van der Waals surface area contributed by atoms with E-state index in [1.165, 1.54) is 6.07 Å². The Morgan fingerprint density at radius 3 is 2.70 bits per heavy atom. The van der Waals surface area contributed by atoms with Crippen LogP contribution in [0.25, 0.3) is 0 Å². The maximum absolute atomic E-state index is 12.6. The lowest BCUT2D eigenvalue weighted by atomic mass is 10.2. The fourth-order valence-electron chi connectivity index (χ4n) is 0.793. The molecule has 0 spiro atoms. The van der Waals surface area contributed by atoms with Crippen LogP contribution in [0.3, 0.4) is 0 Å². The van der Waals surface area contributed by atoms with Gasteiger partial charge in [-0.2, -0.15) is 0 Å². The van der Waals surface area contributed by atoms with Crippen LogP contribution in [0.5, 0.6) is 0 Å². The molecule has 0 N–H and O–H groups in total. The van der Waals surface area contributed by atoms with Gasteiger partial charge in [0.1, 0.15) is 5.82 Å². The first-order valence-corrected chi connectivity index (χ1v) is 3.36. The molecule has 0 radical (unpaired) electrons. The fourth-order valence-corrected chi connectivity index (χ4v) is 0.793. The first kappa shape index (κ1) is 7.19. The van der Waals surface area contributed by atoms with Gasteiger partial charge in [-0.15, -0.1) is 0 Å². The lowest BCUT2D eigenvalue weighted by Crippen LogP contribution is -1.92. The van der Waals surface area contributed by atoms with Crippen LogP contribution in [0.4, 0.5) is 4.39 Å². The van der Waals surface area contributed by atoms with Crippen LogP contribution in [-0.4, -0.2) is 4.98 Å². The quantitative estimate of drug-likeness (QED) is 0.580. The molecule has 0 aliphatic heterocycles. The number of aryl methyl sites for hydroxylation is 2. The van der Waals surface area contributed by atoms with Gasteiger partial charge in [-0.05, 0) is 25.5 Å².